The molecule has 3 N–H and O–H groups in total. The van der Waals surface area contributed by atoms with E-state index in [0.717, 1.165) is 34.6 Å². The monoisotopic (exact) mass is 454 g/mol. The molecule has 3 aromatic rings. The number of halogens is 1. The SMILES string of the molecule is CCc1nc(SCC(=O)NC2CCOc3ccccc32)nc(N)c1-c1ccc(Cl)cc1. The van der Waals surface area contributed by atoms with Crippen LogP contribution < -0.4 is 15.8 Å². The number of carbonyl (C=O) groups is 1. The highest BCUT2D eigenvalue weighted by atomic mass is 35.5. The molecule has 31 heavy (non-hydrogen) atoms. The summed E-state index contributed by atoms with van der Waals surface area (Å²) < 4.78 is 5.66. The molecule has 2 heterocycles. The summed E-state index contributed by atoms with van der Waals surface area (Å²) in [6.45, 7) is 2.60. The van der Waals surface area contributed by atoms with Crippen molar-refractivity contribution in [2.75, 3.05) is 18.1 Å². The molecule has 0 fully saturated rings. The van der Waals surface area contributed by atoms with Gasteiger partial charge in [0.1, 0.15) is 11.6 Å². The molecule has 0 saturated carbocycles. The molecule has 0 saturated heterocycles. The number of anilines is 1. The summed E-state index contributed by atoms with van der Waals surface area (Å²) in [7, 11) is 0. The predicted molar refractivity (Wildman–Crippen MR) is 124 cm³/mol. The van der Waals surface area contributed by atoms with E-state index in [4.69, 9.17) is 22.1 Å². The molecule has 1 atom stereocenters. The Morgan fingerprint density at radius 1 is 1.23 bits per heavy atom. The van der Waals surface area contributed by atoms with Crippen LogP contribution in [0.25, 0.3) is 11.1 Å². The van der Waals surface area contributed by atoms with Gasteiger partial charge in [0, 0.05) is 22.6 Å². The van der Waals surface area contributed by atoms with Crippen molar-refractivity contribution in [2.45, 2.75) is 31.0 Å². The molecule has 0 radical (unpaired) electrons. The lowest BCUT2D eigenvalue weighted by Crippen LogP contribution is -2.33. The van der Waals surface area contributed by atoms with Crippen molar-refractivity contribution >= 4 is 35.1 Å². The number of amides is 1. The van der Waals surface area contributed by atoms with Crippen LogP contribution in [-0.2, 0) is 11.2 Å². The second-order valence-electron chi connectivity index (χ2n) is 7.16. The Kier molecular flexibility index (Phi) is 6.63. The lowest BCUT2D eigenvalue weighted by atomic mass is 10.0. The maximum Gasteiger partial charge on any atom is 0.230 e. The number of thioether (sulfide) groups is 1. The lowest BCUT2D eigenvalue weighted by Gasteiger charge is -2.26. The molecule has 1 amide bonds. The molecule has 8 heteroatoms. The highest BCUT2D eigenvalue weighted by Gasteiger charge is 2.23. The van der Waals surface area contributed by atoms with Gasteiger partial charge in [-0.3, -0.25) is 4.79 Å². The standard InChI is InChI=1S/C23H23ClN4O2S/c1-2-17-21(14-7-9-15(24)10-8-14)22(25)28-23(27-17)31-13-20(29)26-18-11-12-30-19-6-4-3-5-16(18)19/h3-10,18H,2,11-13H2,1H3,(H,26,29)(H2,25,27,28). The van der Waals surface area contributed by atoms with Crippen molar-refractivity contribution in [3.05, 3.63) is 64.8 Å². The zero-order valence-electron chi connectivity index (χ0n) is 17.1. The van der Waals surface area contributed by atoms with E-state index in [0.29, 0.717) is 29.0 Å². The van der Waals surface area contributed by atoms with Gasteiger partial charge >= 0.3 is 0 Å². The Bertz CT molecular complexity index is 1090. The van der Waals surface area contributed by atoms with Crippen LogP contribution in [0, 0.1) is 0 Å². The van der Waals surface area contributed by atoms with Gasteiger partial charge in [-0.1, -0.05) is 60.6 Å². The van der Waals surface area contributed by atoms with Gasteiger partial charge in [0.15, 0.2) is 5.16 Å². The highest BCUT2D eigenvalue weighted by Crippen LogP contribution is 2.33. The Labute approximate surface area is 190 Å². The largest absolute Gasteiger partial charge is 0.493 e. The minimum Gasteiger partial charge on any atom is -0.493 e. The Balaban J connectivity index is 1.45. The average Bonchev–Trinajstić information content (AvgIpc) is 2.78. The number of para-hydroxylation sites is 1. The van der Waals surface area contributed by atoms with Crippen molar-refractivity contribution in [3.8, 4) is 16.9 Å². The van der Waals surface area contributed by atoms with Crippen LogP contribution in [0.15, 0.2) is 53.7 Å². The van der Waals surface area contributed by atoms with Gasteiger partial charge in [-0.25, -0.2) is 9.97 Å². The molecule has 160 valence electrons. The number of hydrogen-bond acceptors (Lipinski definition) is 6. The number of nitrogens with two attached hydrogens (primary N) is 1. The molecule has 1 unspecified atom stereocenters. The van der Waals surface area contributed by atoms with Crippen molar-refractivity contribution < 1.29 is 9.53 Å². The first kappa shape index (κ1) is 21.5. The Hall–Kier alpha value is -2.77. The van der Waals surface area contributed by atoms with Crippen LogP contribution in [0.3, 0.4) is 0 Å². The first-order valence-corrected chi connectivity index (χ1v) is 11.5. The topological polar surface area (TPSA) is 90.1 Å². The normalized spacial score (nSPS) is 15.1. The summed E-state index contributed by atoms with van der Waals surface area (Å²) in [4.78, 5) is 21.7. The van der Waals surface area contributed by atoms with Crippen LogP contribution in [0.4, 0.5) is 5.82 Å². The predicted octanol–water partition coefficient (Wildman–Crippen LogP) is 4.67. The molecule has 0 spiro atoms. The zero-order valence-corrected chi connectivity index (χ0v) is 18.7. The van der Waals surface area contributed by atoms with Crippen molar-refractivity contribution in [3.63, 3.8) is 0 Å². The summed E-state index contributed by atoms with van der Waals surface area (Å²) in [5, 5.41) is 4.25. The number of nitrogens with zero attached hydrogens (tertiary/aromatic N) is 2. The van der Waals surface area contributed by atoms with Crippen molar-refractivity contribution in [1.29, 1.82) is 0 Å². The molecule has 1 aliphatic rings. The van der Waals surface area contributed by atoms with E-state index in [-0.39, 0.29) is 17.7 Å². The molecule has 1 aliphatic heterocycles. The summed E-state index contributed by atoms with van der Waals surface area (Å²) >= 11 is 7.28. The summed E-state index contributed by atoms with van der Waals surface area (Å²) in [5.74, 6) is 1.36. The van der Waals surface area contributed by atoms with Gasteiger partial charge in [0.2, 0.25) is 5.91 Å². The fourth-order valence-corrected chi connectivity index (χ4v) is 4.42. The zero-order chi connectivity index (χ0) is 21.8. The number of nitrogen functional groups attached to an aromatic ring is 1. The number of hydrogen-bond donors (Lipinski definition) is 2. The third kappa shape index (κ3) is 4.94. The van der Waals surface area contributed by atoms with E-state index in [1.165, 1.54) is 11.8 Å². The number of rotatable bonds is 6. The number of carbonyl (C=O) groups excluding carboxylic acids is 1. The maximum absolute atomic E-state index is 12.6. The molecular weight excluding hydrogens is 432 g/mol. The highest BCUT2D eigenvalue weighted by molar-refractivity contribution is 7.99. The van der Waals surface area contributed by atoms with Crippen molar-refractivity contribution in [2.24, 2.45) is 0 Å². The van der Waals surface area contributed by atoms with Gasteiger partial charge in [0.25, 0.3) is 0 Å². The van der Waals surface area contributed by atoms with Crippen LogP contribution in [0.2, 0.25) is 5.02 Å². The summed E-state index contributed by atoms with van der Waals surface area (Å²) in [6, 6.07) is 15.2. The summed E-state index contributed by atoms with van der Waals surface area (Å²) in [5.41, 5.74) is 9.85. The van der Waals surface area contributed by atoms with Gasteiger partial charge < -0.3 is 15.8 Å². The van der Waals surface area contributed by atoms with Crippen molar-refractivity contribution in [1.82, 2.24) is 15.3 Å². The first-order chi connectivity index (χ1) is 15.0. The van der Waals surface area contributed by atoms with Gasteiger partial charge in [-0.2, -0.15) is 0 Å². The van der Waals surface area contributed by atoms with E-state index in [2.05, 4.69) is 15.3 Å². The number of ether oxygens (including phenoxy) is 1. The first-order valence-electron chi connectivity index (χ1n) is 10.1. The number of nitrogens with one attached hydrogen (secondary N) is 1. The van der Waals surface area contributed by atoms with E-state index in [1.807, 2.05) is 55.5 Å². The van der Waals surface area contributed by atoms with Gasteiger partial charge in [-0.15, -0.1) is 0 Å². The van der Waals surface area contributed by atoms with Crippen LogP contribution >= 0.6 is 23.4 Å². The number of fused-ring (bicyclic) bond motifs is 1. The van der Waals surface area contributed by atoms with E-state index in [9.17, 15) is 4.79 Å². The molecular formula is C23H23ClN4O2S. The Morgan fingerprint density at radius 2 is 2.00 bits per heavy atom. The molecule has 2 aromatic carbocycles. The maximum atomic E-state index is 12.6. The van der Waals surface area contributed by atoms with E-state index < -0.39 is 0 Å². The second kappa shape index (κ2) is 9.58. The number of benzene rings is 2. The third-order valence-electron chi connectivity index (χ3n) is 5.09. The van der Waals surface area contributed by atoms with E-state index >= 15 is 0 Å². The molecule has 0 aliphatic carbocycles. The van der Waals surface area contributed by atoms with E-state index in [1.54, 1.807) is 0 Å². The third-order valence-corrected chi connectivity index (χ3v) is 6.18. The minimum atomic E-state index is -0.0753. The van der Waals surface area contributed by atoms with Gasteiger partial charge in [0.05, 0.1) is 24.1 Å². The summed E-state index contributed by atoms with van der Waals surface area (Å²) in [6.07, 6.45) is 1.44. The van der Waals surface area contributed by atoms with Crippen LogP contribution in [0.1, 0.15) is 30.6 Å². The molecule has 0 bridgehead atoms. The lowest BCUT2D eigenvalue weighted by molar-refractivity contribution is -0.119. The smallest absolute Gasteiger partial charge is 0.230 e. The molecule has 4 rings (SSSR count). The number of aryl methyl sites for hydroxylation is 1. The fourth-order valence-electron chi connectivity index (χ4n) is 3.61. The molecule has 6 nitrogen and oxygen atoms in total. The minimum absolute atomic E-state index is 0.0532. The fraction of sp³-hybridized carbons (Fsp3) is 0.261. The quantitative estimate of drug-likeness (QED) is 0.415. The molecule has 1 aromatic heterocycles. The Morgan fingerprint density at radius 3 is 2.77 bits per heavy atom. The van der Waals surface area contributed by atoms with Crippen LogP contribution in [-0.4, -0.2) is 28.2 Å². The number of aromatic nitrogens is 2. The average molecular weight is 455 g/mol. The second-order valence-corrected chi connectivity index (χ2v) is 8.54. The van der Waals surface area contributed by atoms with Gasteiger partial charge in [-0.05, 0) is 30.2 Å². The van der Waals surface area contributed by atoms with Crippen LogP contribution in [0.5, 0.6) is 5.75 Å².